The van der Waals surface area contributed by atoms with Crippen LogP contribution in [0, 0.1) is 0 Å². The predicted molar refractivity (Wildman–Crippen MR) is 87.4 cm³/mol. The van der Waals surface area contributed by atoms with Crippen LogP contribution in [-0.4, -0.2) is 41.8 Å². The minimum absolute atomic E-state index is 0.00211. The number of nitrogens with one attached hydrogen (secondary N) is 2. The van der Waals surface area contributed by atoms with Crippen molar-refractivity contribution in [2.45, 2.75) is 32.4 Å². The molecule has 0 aliphatic rings. The van der Waals surface area contributed by atoms with Crippen LogP contribution in [0.3, 0.4) is 0 Å². The average molecular weight is 324 g/mol. The van der Waals surface area contributed by atoms with E-state index < -0.39 is 18.0 Å². The van der Waals surface area contributed by atoms with Crippen LogP contribution in [0.2, 0.25) is 0 Å². The number of β-amino-alcohol motifs (C(OH)–C–C–N with tert-alkyl or cyclic N) is 1. The van der Waals surface area contributed by atoms with Gasteiger partial charge in [-0.05, 0) is 32.9 Å². The largest absolute Gasteiger partial charge is 0.490 e. The van der Waals surface area contributed by atoms with Crippen molar-refractivity contribution < 1.29 is 19.4 Å². The molecule has 1 aromatic rings. The lowest BCUT2D eigenvalue weighted by molar-refractivity contribution is 0.0944. The molecule has 7 N–H and O–H groups in total. The fraction of sp³-hybridized carbons (Fsp3) is 0.467. The number of carbonyl (C=O) groups excluding carboxylic acids is 2. The maximum atomic E-state index is 11.6. The molecule has 0 heterocycles. The van der Waals surface area contributed by atoms with Crippen LogP contribution in [0.25, 0.3) is 0 Å². The first-order valence-electron chi connectivity index (χ1n) is 7.15. The number of amides is 3. The first kappa shape index (κ1) is 18.7. The number of hydrogen-bond acceptors (Lipinski definition) is 5. The van der Waals surface area contributed by atoms with Crippen LogP contribution in [0.15, 0.2) is 18.2 Å². The molecule has 0 fully saturated rings. The van der Waals surface area contributed by atoms with Gasteiger partial charge in [0.25, 0.3) is 5.91 Å². The van der Waals surface area contributed by atoms with Crippen molar-refractivity contribution in [1.82, 2.24) is 5.32 Å². The molecule has 1 rings (SSSR count). The highest BCUT2D eigenvalue weighted by Crippen LogP contribution is 2.26. The van der Waals surface area contributed by atoms with Crippen molar-refractivity contribution in [1.29, 1.82) is 0 Å². The van der Waals surface area contributed by atoms with Crippen LogP contribution in [-0.2, 0) is 0 Å². The van der Waals surface area contributed by atoms with Crippen molar-refractivity contribution in [3.8, 4) is 5.75 Å². The molecule has 0 saturated heterocycles. The Morgan fingerprint density at radius 2 is 1.96 bits per heavy atom. The molecule has 0 aromatic heterocycles. The molecule has 128 valence electrons. The molecule has 1 unspecified atom stereocenters. The number of carbonyl (C=O) groups is 2. The zero-order chi connectivity index (χ0) is 17.6. The maximum absolute atomic E-state index is 11.6. The van der Waals surface area contributed by atoms with Gasteiger partial charge in [-0.3, -0.25) is 4.79 Å². The highest BCUT2D eigenvalue weighted by Gasteiger charge is 2.18. The first-order valence-corrected chi connectivity index (χ1v) is 7.15. The minimum Gasteiger partial charge on any atom is -0.490 e. The summed E-state index contributed by atoms with van der Waals surface area (Å²) >= 11 is 0. The van der Waals surface area contributed by atoms with Gasteiger partial charge in [0.15, 0.2) is 0 Å². The lowest BCUT2D eigenvalue weighted by atomic mass is 10.1. The van der Waals surface area contributed by atoms with E-state index in [0.29, 0.717) is 6.54 Å². The predicted octanol–water partition coefficient (Wildman–Crippen LogP) is 0.404. The highest BCUT2D eigenvalue weighted by molar-refractivity contribution is 6.04. The molecule has 0 bridgehead atoms. The quantitative estimate of drug-likeness (QED) is 0.494. The van der Waals surface area contributed by atoms with Crippen LogP contribution in [0.1, 0.15) is 31.1 Å². The van der Waals surface area contributed by atoms with E-state index in [1.165, 1.54) is 12.1 Å². The Hall–Kier alpha value is -2.32. The molecule has 1 atom stereocenters. The van der Waals surface area contributed by atoms with Gasteiger partial charge < -0.3 is 31.9 Å². The summed E-state index contributed by atoms with van der Waals surface area (Å²) in [5.74, 6) is -0.606. The normalized spacial score (nSPS) is 12.5. The SMILES string of the molecule is CC(C)(C)NCC(O)COc1cccc(NC(N)=O)c1C(N)=O. The zero-order valence-corrected chi connectivity index (χ0v) is 13.6. The number of aliphatic hydroxyl groups is 1. The number of ether oxygens (including phenoxy) is 1. The van der Waals surface area contributed by atoms with Gasteiger partial charge in [-0.2, -0.15) is 0 Å². The topological polar surface area (TPSA) is 140 Å². The number of benzene rings is 1. The second-order valence-corrected chi connectivity index (χ2v) is 6.13. The number of anilines is 1. The summed E-state index contributed by atoms with van der Waals surface area (Å²) in [7, 11) is 0. The molecule has 23 heavy (non-hydrogen) atoms. The van der Waals surface area contributed by atoms with E-state index in [1.807, 2.05) is 20.8 Å². The average Bonchev–Trinajstić information content (AvgIpc) is 2.41. The molecule has 1 aromatic carbocycles. The Morgan fingerprint density at radius 1 is 1.30 bits per heavy atom. The van der Waals surface area contributed by atoms with Crippen molar-refractivity contribution in [2.24, 2.45) is 11.5 Å². The van der Waals surface area contributed by atoms with Gasteiger partial charge in [0.1, 0.15) is 24.0 Å². The summed E-state index contributed by atoms with van der Waals surface area (Å²) in [5.41, 5.74) is 10.4. The molecule has 3 amide bonds. The van der Waals surface area contributed by atoms with Crippen LogP contribution in [0.5, 0.6) is 5.75 Å². The van der Waals surface area contributed by atoms with Gasteiger partial charge in [-0.1, -0.05) is 6.07 Å². The fourth-order valence-electron chi connectivity index (χ4n) is 1.81. The molecular formula is C15H24N4O4. The van der Waals surface area contributed by atoms with Gasteiger partial charge in [-0.25, -0.2) is 4.79 Å². The molecule has 0 aliphatic heterocycles. The van der Waals surface area contributed by atoms with Gasteiger partial charge >= 0.3 is 6.03 Å². The van der Waals surface area contributed by atoms with E-state index in [0.717, 1.165) is 0 Å². The van der Waals surface area contributed by atoms with E-state index in [4.69, 9.17) is 16.2 Å². The van der Waals surface area contributed by atoms with Crippen molar-refractivity contribution in [3.05, 3.63) is 23.8 Å². The first-order chi connectivity index (χ1) is 10.6. The van der Waals surface area contributed by atoms with Crippen molar-refractivity contribution in [2.75, 3.05) is 18.5 Å². The monoisotopic (exact) mass is 324 g/mol. The van der Waals surface area contributed by atoms with Gasteiger partial charge in [-0.15, -0.1) is 0 Å². The van der Waals surface area contributed by atoms with Gasteiger partial charge in [0.2, 0.25) is 0 Å². The lowest BCUT2D eigenvalue weighted by Gasteiger charge is -2.23. The Balaban J connectivity index is 2.80. The fourth-order valence-corrected chi connectivity index (χ4v) is 1.81. The molecule has 0 saturated carbocycles. The van der Waals surface area contributed by atoms with E-state index in [-0.39, 0.29) is 29.1 Å². The number of primary amides is 2. The third kappa shape index (κ3) is 6.54. The third-order valence-corrected chi connectivity index (χ3v) is 2.83. The molecule has 8 heteroatoms. The smallest absolute Gasteiger partial charge is 0.316 e. The van der Waals surface area contributed by atoms with Gasteiger partial charge in [0, 0.05) is 12.1 Å². The summed E-state index contributed by atoms with van der Waals surface area (Å²) in [6.07, 6.45) is -0.775. The van der Waals surface area contributed by atoms with E-state index >= 15 is 0 Å². The summed E-state index contributed by atoms with van der Waals surface area (Å²) in [5, 5.41) is 15.4. The summed E-state index contributed by atoms with van der Waals surface area (Å²) < 4.78 is 5.46. The molecule has 0 spiro atoms. The van der Waals surface area contributed by atoms with Crippen LogP contribution < -0.4 is 26.8 Å². The summed E-state index contributed by atoms with van der Waals surface area (Å²) in [6.45, 7) is 6.22. The van der Waals surface area contributed by atoms with Crippen LogP contribution >= 0.6 is 0 Å². The highest BCUT2D eigenvalue weighted by atomic mass is 16.5. The Bertz CT molecular complexity index is 569. The Kier molecular flexibility index (Phi) is 6.35. The maximum Gasteiger partial charge on any atom is 0.316 e. The minimum atomic E-state index is -0.820. The second-order valence-electron chi connectivity index (χ2n) is 6.13. The molecule has 0 radical (unpaired) electrons. The Morgan fingerprint density at radius 3 is 2.48 bits per heavy atom. The lowest BCUT2D eigenvalue weighted by Crippen LogP contribution is -2.42. The van der Waals surface area contributed by atoms with E-state index in [9.17, 15) is 14.7 Å². The standard InChI is InChI=1S/C15H24N4O4/c1-15(2,3)18-7-9(20)8-23-11-6-4-5-10(19-14(17)22)12(11)13(16)21/h4-6,9,18,20H,7-8H2,1-3H3,(H2,16,21)(H3,17,19,22). The molecule has 0 aliphatic carbocycles. The number of urea groups is 1. The van der Waals surface area contributed by atoms with Crippen LogP contribution in [0.4, 0.5) is 10.5 Å². The number of rotatable bonds is 7. The summed E-state index contributed by atoms with van der Waals surface area (Å²) in [4.78, 5) is 22.6. The van der Waals surface area contributed by atoms with Gasteiger partial charge in [0.05, 0.1) is 5.69 Å². The molecular weight excluding hydrogens is 300 g/mol. The second kappa shape index (κ2) is 7.80. The van der Waals surface area contributed by atoms with Crippen molar-refractivity contribution in [3.63, 3.8) is 0 Å². The summed E-state index contributed by atoms with van der Waals surface area (Å²) in [6, 6.07) is 3.76. The third-order valence-electron chi connectivity index (χ3n) is 2.83. The number of aliphatic hydroxyl groups excluding tert-OH is 1. The number of hydrogen-bond donors (Lipinski definition) is 5. The number of nitrogens with two attached hydrogens (primary N) is 2. The van der Waals surface area contributed by atoms with E-state index in [1.54, 1.807) is 6.07 Å². The van der Waals surface area contributed by atoms with E-state index in [2.05, 4.69) is 10.6 Å². The molecule has 8 nitrogen and oxygen atoms in total. The zero-order valence-electron chi connectivity index (χ0n) is 13.6. The van der Waals surface area contributed by atoms with Crippen molar-refractivity contribution >= 4 is 17.6 Å². The Labute approximate surface area is 135 Å².